The van der Waals surface area contributed by atoms with Crippen molar-refractivity contribution in [3.05, 3.63) is 83.6 Å². The summed E-state index contributed by atoms with van der Waals surface area (Å²) in [6.07, 6.45) is 9.03. The van der Waals surface area contributed by atoms with E-state index in [4.69, 9.17) is 7.98 Å². The van der Waals surface area contributed by atoms with Gasteiger partial charge in [0.1, 0.15) is 0 Å². The molecule has 2 aliphatic rings. The van der Waals surface area contributed by atoms with Crippen LogP contribution in [-0.4, -0.2) is 24.7 Å². The first-order chi connectivity index (χ1) is 14.3. The van der Waals surface area contributed by atoms with Crippen LogP contribution >= 0.6 is 0 Å². The molecule has 0 unspecified atom stereocenters. The lowest BCUT2D eigenvalue weighted by Gasteiger charge is -2.27. The summed E-state index contributed by atoms with van der Waals surface area (Å²) in [6.45, 7) is 12.4. The molecule has 2 radical (unpaired) electrons. The second-order valence-electron chi connectivity index (χ2n) is 9.46. The minimum absolute atomic E-state index is 0.0180. The van der Waals surface area contributed by atoms with Crippen molar-refractivity contribution in [1.29, 1.82) is 0 Å². The van der Waals surface area contributed by atoms with E-state index < -0.39 is 0 Å². The third-order valence-electron chi connectivity index (χ3n) is 6.78. The molecule has 2 nitrogen and oxygen atoms in total. The number of nitrogens with zero attached hydrogens (tertiary/aromatic N) is 2. The van der Waals surface area contributed by atoms with Gasteiger partial charge in [0.05, 0.1) is 5.41 Å². The number of anilines is 1. The van der Waals surface area contributed by atoms with E-state index in [9.17, 15) is 0 Å². The summed E-state index contributed by atoms with van der Waals surface area (Å²) >= 11 is 0. The smallest absolute Gasteiger partial charge is 0.344 e. The second kappa shape index (κ2) is 7.61. The molecule has 0 bridgehead atoms. The van der Waals surface area contributed by atoms with Crippen LogP contribution in [-0.2, 0) is 10.8 Å². The van der Waals surface area contributed by atoms with Gasteiger partial charge in [-0.1, -0.05) is 69.7 Å². The summed E-state index contributed by atoms with van der Waals surface area (Å²) in [5, 5.41) is 0. The van der Waals surface area contributed by atoms with E-state index in [1.165, 1.54) is 35.4 Å². The van der Waals surface area contributed by atoms with Gasteiger partial charge in [-0.05, 0) is 38.0 Å². The molecule has 0 aromatic heterocycles. The van der Waals surface area contributed by atoms with Crippen molar-refractivity contribution in [2.24, 2.45) is 0 Å². The molecule has 0 saturated carbocycles. The van der Waals surface area contributed by atoms with Crippen LogP contribution in [0.2, 0.25) is 0 Å². The number of hydrogen-bond donors (Lipinski definition) is 0. The lowest BCUT2D eigenvalue weighted by atomic mass is 9.81. The number of fused-ring (bicyclic) bond motifs is 2. The molecule has 0 saturated heterocycles. The van der Waals surface area contributed by atoms with Crippen molar-refractivity contribution in [3.8, 4) is 0 Å². The van der Waals surface area contributed by atoms with Gasteiger partial charge in [0.25, 0.3) is 0 Å². The Kier molecular flexibility index (Phi) is 5.26. The normalized spacial score (nSPS) is 20.3. The Bertz CT molecular complexity index is 1060. The predicted octanol–water partition coefficient (Wildman–Crippen LogP) is 6.18. The fraction of sp³-hybridized carbons (Fsp3) is 0.370. The zero-order chi connectivity index (χ0) is 21.5. The zero-order valence-electron chi connectivity index (χ0n) is 18.9. The Balaban J connectivity index is 1.71. The minimum Gasteiger partial charge on any atom is -0.344 e. The number of para-hydroxylation sites is 2. The molecule has 0 fully saturated rings. The maximum absolute atomic E-state index is 6.49. The molecule has 2 heterocycles. The first kappa shape index (κ1) is 20.7. The Morgan fingerprint density at radius 2 is 1.60 bits per heavy atom. The highest BCUT2D eigenvalue weighted by molar-refractivity contribution is 6.12. The van der Waals surface area contributed by atoms with Gasteiger partial charge in [0, 0.05) is 41.1 Å². The molecule has 4 rings (SSSR count). The third-order valence-corrected chi connectivity index (χ3v) is 6.78. The number of hydrogen-bond acceptors (Lipinski definition) is 1. The topological polar surface area (TPSA) is 6.25 Å². The highest BCUT2D eigenvalue weighted by atomic mass is 15.2. The summed E-state index contributed by atoms with van der Waals surface area (Å²) in [5.41, 5.74) is 7.46. The summed E-state index contributed by atoms with van der Waals surface area (Å²) < 4.78 is 1.84. The average molecular weight is 395 g/mol. The van der Waals surface area contributed by atoms with Crippen molar-refractivity contribution >= 4 is 25.1 Å². The molecule has 3 heteroatoms. The SMILES string of the molecule is [B][N+]1=C(C=CC=C2N(CCCC)c3ccccc3C2(C)C)C(C)(C)c2ccccc21. The van der Waals surface area contributed by atoms with Crippen molar-refractivity contribution in [3.63, 3.8) is 0 Å². The molecule has 0 atom stereocenters. The van der Waals surface area contributed by atoms with Crippen LogP contribution < -0.4 is 4.90 Å². The number of rotatable bonds is 5. The fourth-order valence-corrected chi connectivity index (χ4v) is 5.00. The van der Waals surface area contributed by atoms with E-state index in [1.54, 1.807) is 0 Å². The van der Waals surface area contributed by atoms with E-state index in [0.29, 0.717) is 0 Å². The monoisotopic (exact) mass is 395 g/mol. The molecule has 2 aromatic carbocycles. The van der Waals surface area contributed by atoms with Gasteiger partial charge in [0.15, 0.2) is 11.4 Å². The molecule has 2 aromatic rings. The van der Waals surface area contributed by atoms with Crippen molar-refractivity contribution < 1.29 is 4.49 Å². The maximum atomic E-state index is 6.49. The van der Waals surface area contributed by atoms with Gasteiger partial charge >= 0.3 is 7.98 Å². The van der Waals surface area contributed by atoms with Crippen molar-refractivity contribution in [1.82, 2.24) is 0 Å². The van der Waals surface area contributed by atoms with Crippen LogP contribution in [0, 0.1) is 0 Å². The highest BCUT2D eigenvalue weighted by Gasteiger charge is 2.42. The second-order valence-corrected chi connectivity index (χ2v) is 9.46. The van der Waals surface area contributed by atoms with E-state index in [0.717, 1.165) is 17.9 Å². The van der Waals surface area contributed by atoms with Gasteiger partial charge in [-0.15, -0.1) is 0 Å². The Morgan fingerprint density at radius 1 is 0.933 bits per heavy atom. The van der Waals surface area contributed by atoms with Crippen molar-refractivity contribution in [2.75, 3.05) is 11.4 Å². The fourth-order valence-electron chi connectivity index (χ4n) is 5.00. The first-order valence-electron chi connectivity index (χ1n) is 11.1. The van der Waals surface area contributed by atoms with Crippen LogP contribution in [0.15, 0.2) is 72.5 Å². The molecule has 152 valence electrons. The van der Waals surface area contributed by atoms with Gasteiger partial charge in [-0.25, -0.2) is 0 Å². The first-order valence-corrected chi connectivity index (χ1v) is 11.1. The average Bonchev–Trinajstić information content (AvgIpc) is 3.06. The molecule has 0 spiro atoms. The predicted molar refractivity (Wildman–Crippen MR) is 129 cm³/mol. The summed E-state index contributed by atoms with van der Waals surface area (Å²) in [7, 11) is 6.49. The standard InChI is InChI=1S/C27H32BN2/c1-6-7-19-29-22-15-10-8-13-20(22)26(2,3)24(29)17-12-18-25-27(4,5)21-14-9-11-16-23(21)30(25)28/h8-18H,6-7,19H2,1-5H3/q+1. The van der Waals surface area contributed by atoms with Crippen LogP contribution in [0.3, 0.4) is 0 Å². The molecular formula is C27H32BN2+. The van der Waals surface area contributed by atoms with E-state index in [1.807, 2.05) is 10.6 Å². The molecule has 0 amide bonds. The van der Waals surface area contributed by atoms with Gasteiger partial charge in [0.2, 0.25) is 0 Å². The Morgan fingerprint density at radius 3 is 2.30 bits per heavy atom. The summed E-state index contributed by atoms with van der Waals surface area (Å²) in [6, 6.07) is 17.2. The highest BCUT2D eigenvalue weighted by Crippen LogP contribution is 2.47. The lowest BCUT2D eigenvalue weighted by molar-refractivity contribution is -0.263. The van der Waals surface area contributed by atoms with Crippen LogP contribution in [0.5, 0.6) is 0 Å². The lowest BCUT2D eigenvalue weighted by Crippen LogP contribution is -2.27. The molecule has 30 heavy (non-hydrogen) atoms. The number of benzene rings is 2. The van der Waals surface area contributed by atoms with Gasteiger partial charge in [-0.3, -0.25) is 4.49 Å². The Labute approximate surface area is 183 Å². The Hall–Kier alpha value is -2.55. The van der Waals surface area contributed by atoms with E-state index in [-0.39, 0.29) is 10.8 Å². The molecule has 2 aliphatic heterocycles. The summed E-state index contributed by atoms with van der Waals surface area (Å²) in [4.78, 5) is 2.50. The minimum atomic E-state index is -0.115. The number of unbranched alkanes of at least 4 members (excludes halogenated alkanes) is 1. The van der Waals surface area contributed by atoms with Gasteiger partial charge < -0.3 is 4.90 Å². The van der Waals surface area contributed by atoms with Crippen molar-refractivity contribution in [2.45, 2.75) is 58.3 Å². The number of allylic oxidation sites excluding steroid dienone is 4. The molecule has 0 N–H and O–H groups in total. The third kappa shape index (κ3) is 3.16. The zero-order valence-corrected chi connectivity index (χ0v) is 18.9. The van der Waals surface area contributed by atoms with E-state index in [2.05, 4.69) is 100 Å². The largest absolute Gasteiger partial charge is 0.587 e. The maximum Gasteiger partial charge on any atom is 0.587 e. The van der Waals surface area contributed by atoms with Crippen LogP contribution in [0.4, 0.5) is 11.4 Å². The van der Waals surface area contributed by atoms with E-state index >= 15 is 0 Å². The molecule has 0 aliphatic carbocycles. The van der Waals surface area contributed by atoms with Crippen LogP contribution in [0.1, 0.15) is 58.6 Å². The summed E-state index contributed by atoms with van der Waals surface area (Å²) in [5.74, 6) is 0. The quantitative estimate of drug-likeness (QED) is 0.548. The van der Waals surface area contributed by atoms with Crippen LogP contribution in [0.25, 0.3) is 0 Å². The van der Waals surface area contributed by atoms with Gasteiger partial charge in [-0.2, -0.15) is 0 Å². The molecular weight excluding hydrogens is 363 g/mol.